The Balaban J connectivity index is 1.70. The largest absolute Gasteiger partial charge is 0.467 e. The predicted octanol–water partition coefficient (Wildman–Crippen LogP) is 3.82. The van der Waals surface area contributed by atoms with Gasteiger partial charge in [0.25, 0.3) is 5.91 Å². The van der Waals surface area contributed by atoms with Crippen molar-refractivity contribution in [3.05, 3.63) is 70.8 Å². The molecule has 11 heteroatoms. The van der Waals surface area contributed by atoms with Crippen LogP contribution in [-0.4, -0.2) is 46.8 Å². The Kier molecular flexibility index (Phi) is 6.83. The highest BCUT2D eigenvalue weighted by Gasteiger charge is 2.49. The van der Waals surface area contributed by atoms with Gasteiger partial charge in [0.15, 0.2) is 0 Å². The molecule has 2 aliphatic rings. The van der Waals surface area contributed by atoms with E-state index in [-0.39, 0.29) is 36.7 Å². The van der Waals surface area contributed by atoms with Crippen LogP contribution in [0.25, 0.3) is 0 Å². The number of benzene rings is 1. The van der Waals surface area contributed by atoms with Gasteiger partial charge in [-0.2, -0.15) is 13.2 Å². The van der Waals surface area contributed by atoms with Crippen molar-refractivity contribution < 1.29 is 32.0 Å². The number of hydrogen-bond acceptors (Lipinski definition) is 4. The third-order valence-corrected chi connectivity index (χ3v) is 6.40. The molecule has 36 heavy (non-hydrogen) atoms. The molecule has 1 aromatic heterocycles. The van der Waals surface area contributed by atoms with Gasteiger partial charge in [0.2, 0.25) is 5.91 Å². The van der Waals surface area contributed by atoms with Crippen molar-refractivity contribution in [2.24, 2.45) is 5.92 Å². The molecule has 4 rings (SSSR count). The number of hydrogen-bond donors (Lipinski definition) is 2. The molecule has 3 heterocycles. The Hall–Kier alpha value is -3.76. The molecular weight excluding hydrogens is 477 g/mol. The molecule has 1 aromatic carbocycles. The van der Waals surface area contributed by atoms with Crippen LogP contribution in [0.15, 0.2) is 58.3 Å². The topological polar surface area (TPSA) is 94.9 Å². The maximum atomic E-state index is 13.8. The Morgan fingerprint density at radius 2 is 1.92 bits per heavy atom. The van der Waals surface area contributed by atoms with Gasteiger partial charge in [0.05, 0.1) is 42.2 Å². The van der Waals surface area contributed by atoms with Gasteiger partial charge in [-0.15, -0.1) is 0 Å². The van der Waals surface area contributed by atoms with Gasteiger partial charge >= 0.3 is 12.2 Å². The minimum absolute atomic E-state index is 0.0395. The SMILES string of the molecule is CCN1C(=O)N[C@H](c2ccccc2C(F)(F)F)C2=C1CN([C@H](C(=O)NCc1ccco1)C(C)C)C2=O. The maximum Gasteiger partial charge on any atom is 0.416 e. The molecule has 2 aliphatic heterocycles. The molecule has 2 aromatic rings. The van der Waals surface area contributed by atoms with Crippen molar-refractivity contribution in [3.63, 3.8) is 0 Å². The lowest BCUT2D eigenvalue weighted by Crippen LogP contribution is -2.51. The molecule has 0 spiro atoms. The number of urea groups is 1. The monoisotopic (exact) mass is 504 g/mol. The van der Waals surface area contributed by atoms with Crippen LogP contribution in [0.2, 0.25) is 0 Å². The van der Waals surface area contributed by atoms with Crippen LogP contribution in [0.4, 0.5) is 18.0 Å². The first kappa shape index (κ1) is 25.3. The van der Waals surface area contributed by atoms with E-state index in [1.54, 1.807) is 32.9 Å². The summed E-state index contributed by atoms with van der Waals surface area (Å²) in [5, 5.41) is 5.34. The summed E-state index contributed by atoms with van der Waals surface area (Å²) in [5.41, 5.74) is -0.814. The summed E-state index contributed by atoms with van der Waals surface area (Å²) < 4.78 is 46.7. The molecule has 0 bridgehead atoms. The third kappa shape index (κ3) is 4.57. The normalized spacial score (nSPS) is 19.0. The predicted molar refractivity (Wildman–Crippen MR) is 123 cm³/mol. The van der Waals surface area contributed by atoms with E-state index in [0.29, 0.717) is 11.5 Å². The van der Waals surface area contributed by atoms with E-state index < -0.39 is 41.7 Å². The molecule has 2 atom stereocenters. The third-order valence-electron chi connectivity index (χ3n) is 6.40. The Morgan fingerprint density at radius 3 is 2.53 bits per heavy atom. The first-order valence-corrected chi connectivity index (χ1v) is 11.6. The van der Waals surface area contributed by atoms with Crippen molar-refractivity contribution in [2.45, 2.75) is 45.6 Å². The lowest BCUT2D eigenvalue weighted by atomic mass is 9.91. The molecule has 2 N–H and O–H groups in total. The zero-order valence-electron chi connectivity index (χ0n) is 20.1. The molecular formula is C25H27F3N4O4. The second kappa shape index (κ2) is 9.71. The van der Waals surface area contributed by atoms with Crippen molar-refractivity contribution in [2.75, 3.05) is 13.1 Å². The number of rotatable bonds is 7. The van der Waals surface area contributed by atoms with Crippen LogP contribution in [0.3, 0.4) is 0 Å². The van der Waals surface area contributed by atoms with Gasteiger partial charge in [0.1, 0.15) is 11.8 Å². The molecule has 0 aliphatic carbocycles. The van der Waals surface area contributed by atoms with Crippen molar-refractivity contribution >= 4 is 17.8 Å². The standard InChI is InChI=1S/C25H27F3N4O4/c1-4-31-18-13-32(21(14(2)3)22(33)29-12-15-8-7-11-36-15)23(34)19(18)20(30-24(31)35)16-9-5-6-10-17(16)25(26,27)28/h5-11,14,20-21H,4,12-13H2,1-3H3,(H,29,33)(H,30,35)/t20-,21+/m1/s1. The number of nitrogens with one attached hydrogen (secondary N) is 2. The average molecular weight is 505 g/mol. The van der Waals surface area contributed by atoms with E-state index in [1.807, 2.05) is 0 Å². The number of furan rings is 1. The molecule has 8 nitrogen and oxygen atoms in total. The highest BCUT2D eigenvalue weighted by atomic mass is 19.4. The zero-order chi connectivity index (χ0) is 26.2. The van der Waals surface area contributed by atoms with Gasteiger partial charge in [-0.3, -0.25) is 14.5 Å². The number of carbonyl (C=O) groups is 3. The smallest absolute Gasteiger partial charge is 0.416 e. The summed E-state index contributed by atoms with van der Waals surface area (Å²) in [6.45, 7) is 5.51. The fraction of sp³-hybridized carbons (Fsp3) is 0.400. The Bertz CT molecular complexity index is 1190. The van der Waals surface area contributed by atoms with Gasteiger partial charge in [-0.25, -0.2) is 4.79 Å². The molecule has 192 valence electrons. The van der Waals surface area contributed by atoms with Crippen LogP contribution in [0.5, 0.6) is 0 Å². The van der Waals surface area contributed by atoms with Gasteiger partial charge in [0, 0.05) is 6.54 Å². The summed E-state index contributed by atoms with van der Waals surface area (Å²) in [4.78, 5) is 42.4. The number of amides is 4. The summed E-state index contributed by atoms with van der Waals surface area (Å²) in [5.74, 6) is -0.792. The summed E-state index contributed by atoms with van der Waals surface area (Å²) in [7, 11) is 0. The fourth-order valence-electron chi connectivity index (χ4n) is 4.81. The number of carbonyl (C=O) groups excluding carboxylic acids is 3. The van der Waals surface area contributed by atoms with Crippen LogP contribution in [0.1, 0.15) is 43.7 Å². The molecule has 0 radical (unpaired) electrons. The Labute approximate surface area is 206 Å². The lowest BCUT2D eigenvalue weighted by molar-refractivity contribution is -0.139. The van der Waals surface area contributed by atoms with Crippen molar-refractivity contribution in [1.29, 1.82) is 0 Å². The quantitative estimate of drug-likeness (QED) is 0.600. The minimum atomic E-state index is -4.68. The minimum Gasteiger partial charge on any atom is -0.467 e. The van der Waals surface area contributed by atoms with E-state index in [4.69, 9.17) is 4.42 Å². The first-order valence-electron chi connectivity index (χ1n) is 11.6. The van der Waals surface area contributed by atoms with E-state index in [9.17, 15) is 27.6 Å². The lowest BCUT2D eigenvalue weighted by Gasteiger charge is -2.33. The number of likely N-dealkylation sites (N-methyl/N-ethyl adjacent to an activating group) is 1. The van der Waals surface area contributed by atoms with Gasteiger partial charge < -0.3 is 20.0 Å². The second-order valence-electron chi connectivity index (χ2n) is 8.99. The van der Waals surface area contributed by atoms with E-state index in [1.165, 1.54) is 34.3 Å². The van der Waals surface area contributed by atoms with Crippen LogP contribution < -0.4 is 10.6 Å². The van der Waals surface area contributed by atoms with E-state index >= 15 is 0 Å². The van der Waals surface area contributed by atoms with Crippen molar-refractivity contribution in [3.8, 4) is 0 Å². The van der Waals surface area contributed by atoms with Crippen molar-refractivity contribution in [1.82, 2.24) is 20.4 Å². The Morgan fingerprint density at radius 1 is 1.19 bits per heavy atom. The number of alkyl halides is 3. The summed E-state index contributed by atoms with van der Waals surface area (Å²) >= 11 is 0. The molecule has 4 amide bonds. The molecule has 0 saturated heterocycles. The van der Waals surface area contributed by atoms with Crippen LogP contribution in [0, 0.1) is 5.92 Å². The summed E-state index contributed by atoms with van der Waals surface area (Å²) in [6.07, 6.45) is -3.21. The maximum absolute atomic E-state index is 13.8. The van der Waals surface area contributed by atoms with Crippen LogP contribution >= 0.6 is 0 Å². The molecule has 0 unspecified atom stereocenters. The second-order valence-corrected chi connectivity index (χ2v) is 8.99. The van der Waals surface area contributed by atoms with Crippen LogP contribution in [-0.2, 0) is 22.3 Å². The molecule has 0 saturated carbocycles. The highest BCUT2D eigenvalue weighted by Crippen LogP contribution is 2.42. The summed E-state index contributed by atoms with van der Waals surface area (Å²) in [6, 6.07) is 5.43. The zero-order valence-corrected chi connectivity index (χ0v) is 20.1. The highest BCUT2D eigenvalue weighted by molar-refractivity contribution is 6.03. The molecule has 0 fully saturated rings. The van der Waals surface area contributed by atoms with E-state index in [0.717, 1.165) is 6.07 Å². The fourth-order valence-corrected chi connectivity index (χ4v) is 4.81. The number of halogens is 3. The average Bonchev–Trinajstić information content (AvgIpc) is 3.45. The van der Waals surface area contributed by atoms with E-state index in [2.05, 4.69) is 10.6 Å². The van der Waals surface area contributed by atoms with Gasteiger partial charge in [-0.05, 0) is 36.6 Å². The first-order chi connectivity index (χ1) is 17.0. The van der Waals surface area contributed by atoms with Gasteiger partial charge in [-0.1, -0.05) is 32.0 Å². The number of nitrogens with zero attached hydrogens (tertiary/aromatic N) is 2.